The Balaban J connectivity index is 2.24. The van der Waals surface area contributed by atoms with Gasteiger partial charge in [-0.2, -0.15) is 5.10 Å². The summed E-state index contributed by atoms with van der Waals surface area (Å²) in [6.45, 7) is 4.06. The maximum atomic E-state index is 11.1. The summed E-state index contributed by atoms with van der Waals surface area (Å²) in [5.74, 6) is -0.885. The van der Waals surface area contributed by atoms with Crippen molar-refractivity contribution in [1.82, 2.24) is 9.78 Å². The predicted molar refractivity (Wildman–Crippen MR) is 80.0 cm³/mol. The lowest BCUT2D eigenvalue weighted by molar-refractivity contribution is 0.0702. The quantitative estimate of drug-likeness (QED) is 0.799. The number of carboxylic acids is 1. The van der Waals surface area contributed by atoms with Crippen LogP contribution in [-0.4, -0.2) is 20.9 Å². The molecule has 1 aromatic carbocycles. The van der Waals surface area contributed by atoms with Crippen LogP contribution in [0.25, 0.3) is 15.9 Å². The van der Waals surface area contributed by atoms with Crippen molar-refractivity contribution in [3.8, 4) is 5.69 Å². The Hall–Kier alpha value is -2.14. The topological polar surface area (TPSA) is 55.1 Å². The van der Waals surface area contributed by atoms with E-state index in [2.05, 4.69) is 5.10 Å². The molecule has 0 spiro atoms. The molecule has 0 amide bonds. The molecule has 3 rings (SSSR count). The Morgan fingerprint density at radius 1 is 1.35 bits per heavy atom. The number of hydrogen-bond acceptors (Lipinski definition) is 3. The standard InChI is InChI=1S/C15H14N2O2S/c1-3-12-11-8-13(15(18)19)20-14(11)17(16-12)10-6-4-9(2)5-7-10/h4-8H,3H2,1-2H3,(H,18,19). The number of hydrogen-bond donors (Lipinski definition) is 1. The highest BCUT2D eigenvalue weighted by molar-refractivity contribution is 7.20. The summed E-state index contributed by atoms with van der Waals surface area (Å²) in [5.41, 5.74) is 3.08. The van der Waals surface area contributed by atoms with Crippen LogP contribution in [-0.2, 0) is 6.42 Å². The molecule has 4 nitrogen and oxygen atoms in total. The van der Waals surface area contributed by atoms with E-state index in [9.17, 15) is 4.79 Å². The van der Waals surface area contributed by atoms with Crippen molar-refractivity contribution in [1.29, 1.82) is 0 Å². The zero-order valence-corrected chi connectivity index (χ0v) is 12.1. The number of aromatic carboxylic acids is 1. The molecular formula is C15H14N2O2S. The van der Waals surface area contributed by atoms with E-state index >= 15 is 0 Å². The molecule has 0 aliphatic rings. The minimum atomic E-state index is -0.885. The number of rotatable bonds is 3. The molecule has 0 radical (unpaired) electrons. The van der Waals surface area contributed by atoms with E-state index in [4.69, 9.17) is 5.11 Å². The molecule has 102 valence electrons. The van der Waals surface area contributed by atoms with Crippen LogP contribution in [0.4, 0.5) is 0 Å². The molecule has 0 unspecified atom stereocenters. The van der Waals surface area contributed by atoms with Gasteiger partial charge in [-0.25, -0.2) is 9.48 Å². The van der Waals surface area contributed by atoms with Crippen LogP contribution in [0.1, 0.15) is 27.9 Å². The van der Waals surface area contributed by atoms with Crippen molar-refractivity contribution < 1.29 is 9.90 Å². The van der Waals surface area contributed by atoms with Crippen molar-refractivity contribution in [3.63, 3.8) is 0 Å². The van der Waals surface area contributed by atoms with Gasteiger partial charge >= 0.3 is 5.97 Å². The van der Waals surface area contributed by atoms with Crippen LogP contribution in [0.15, 0.2) is 30.3 Å². The first-order valence-corrected chi connectivity index (χ1v) is 7.23. The fourth-order valence-corrected chi connectivity index (χ4v) is 3.18. The van der Waals surface area contributed by atoms with Crippen LogP contribution in [0.3, 0.4) is 0 Å². The predicted octanol–water partition coefficient (Wildman–Crippen LogP) is 3.66. The molecule has 0 saturated heterocycles. The van der Waals surface area contributed by atoms with Gasteiger partial charge < -0.3 is 5.11 Å². The number of nitrogens with zero attached hydrogens (tertiary/aromatic N) is 2. The van der Waals surface area contributed by atoms with Gasteiger partial charge in [-0.05, 0) is 31.5 Å². The molecular weight excluding hydrogens is 272 g/mol. The first kappa shape index (κ1) is 12.9. The number of aryl methyl sites for hydroxylation is 2. The summed E-state index contributed by atoms with van der Waals surface area (Å²) in [5, 5.41) is 14.7. The van der Waals surface area contributed by atoms with Crippen LogP contribution >= 0.6 is 11.3 Å². The molecule has 2 aromatic heterocycles. The van der Waals surface area contributed by atoms with Gasteiger partial charge in [0.2, 0.25) is 0 Å². The molecule has 0 saturated carbocycles. The lowest BCUT2D eigenvalue weighted by Crippen LogP contribution is -1.97. The molecule has 0 aliphatic heterocycles. The van der Waals surface area contributed by atoms with Crippen LogP contribution in [0.2, 0.25) is 0 Å². The van der Waals surface area contributed by atoms with Gasteiger partial charge in [0, 0.05) is 5.39 Å². The number of carboxylic acid groups (broad SMARTS) is 1. The first-order valence-electron chi connectivity index (χ1n) is 6.42. The molecule has 1 N–H and O–H groups in total. The second-order valence-corrected chi connectivity index (χ2v) is 5.71. The van der Waals surface area contributed by atoms with E-state index < -0.39 is 5.97 Å². The van der Waals surface area contributed by atoms with Gasteiger partial charge in [0.25, 0.3) is 0 Å². The molecule has 3 aromatic rings. The SMILES string of the molecule is CCc1nn(-c2ccc(C)cc2)c2sc(C(=O)O)cc12. The average Bonchev–Trinajstić information content (AvgIpc) is 2.98. The third-order valence-corrected chi connectivity index (χ3v) is 4.36. The van der Waals surface area contributed by atoms with Gasteiger partial charge in [-0.15, -0.1) is 11.3 Å². The maximum absolute atomic E-state index is 11.1. The summed E-state index contributed by atoms with van der Waals surface area (Å²) in [6, 6.07) is 9.78. The minimum Gasteiger partial charge on any atom is -0.477 e. The van der Waals surface area contributed by atoms with E-state index in [1.807, 2.05) is 42.8 Å². The number of aromatic nitrogens is 2. The molecule has 5 heteroatoms. The maximum Gasteiger partial charge on any atom is 0.345 e. The van der Waals surface area contributed by atoms with E-state index in [0.717, 1.165) is 28.0 Å². The summed E-state index contributed by atoms with van der Waals surface area (Å²) in [4.78, 5) is 12.4. The van der Waals surface area contributed by atoms with Gasteiger partial charge in [0.15, 0.2) is 0 Å². The van der Waals surface area contributed by atoms with Gasteiger partial charge in [0.05, 0.1) is 11.4 Å². The molecule has 2 heterocycles. The largest absolute Gasteiger partial charge is 0.477 e. The van der Waals surface area contributed by atoms with Crippen molar-refractivity contribution in [3.05, 3.63) is 46.5 Å². The Morgan fingerprint density at radius 2 is 2.05 bits per heavy atom. The minimum absolute atomic E-state index is 0.355. The summed E-state index contributed by atoms with van der Waals surface area (Å²) < 4.78 is 1.84. The fraction of sp³-hybridized carbons (Fsp3) is 0.200. The highest BCUT2D eigenvalue weighted by atomic mass is 32.1. The average molecular weight is 286 g/mol. The Kier molecular flexibility index (Phi) is 3.06. The zero-order chi connectivity index (χ0) is 14.3. The molecule has 20 heavy (non-hydrogen) atoms. The third kappa shape index (κ3) is 2.00. The normalized spacial score (nSPS) is 11.1. The Morgan fingerprint density at radius 3 is 2.65 bits per heavy atom. The summed E-state index contributed by atoms with van der Waals surface area (Å²) in [7, 11) is 0. The zero-order valence-electron chi connectivity index (χ0n) is 11.3. The van der Waals surface area contributed by atoms with E-state index in [1.54, 1.807) is 6.07 Å². The van der Waals surface area contributed by atoms with Crippen molar-refractivity contribution in [2.45, 2.75) is 20.3 Å². The van der Waals surface area contributed by atoms with Crippen LogP contribution in [0.5, 0.6) is 0 Å². The Labute approximate surface area is 120 Å². The number of benzene rings is 1. The smallest absolute Gasteiger partial charge is 0.345 e. The molecule has 0 aliphatic carbocycles. The van der Waals surface area contributed by atoms with E-state index in [0.29, 0.717) is 4.88 Å². The molecule has 0 atom stereocenters. The fourth-order valence-electron chi connectivity index (χ4n) is 2.19. The van der Waals surface area contributed by atoms with Crippen LogP contribution in [0, 0.1) is 6.92 Å². The summed E-state index contributed by atoms with van der Waals surface area (Å²) >= 11 is 1.27. The highest BCUT2D eigenvalue weighted by Gasteiger charge is 2.17. The lowest BCUT2D eigenvalue weighted by Gasteiger charge is -2.02. The first-order chi connectivity index (χ1) is 9.60. The summed E-state index contributed by atoms with van der Waals surface area (Å²) in [6.07, 6.45) is 0.783. The molecule has 0 fully saturated rings. The second-order valence-electron chi connectivity index (χ2n) is 4.68. The highest BCUT2D eigenvalue weighted by Crippen LogP contribution is 2.31. The van der Waals surface area contributed by atoms with Gasteiger partial charge in [0.1, 0.15) is 9.71 Å². The van der Waals surface area contributed by atoms with Crippen LogP contribution < -0.4 is 0 Å². The number of thiophene rings is 1. The lowest BCUT2D eigenvalue weighted by atomic mass is 10.2. The second kappa shape index (κ2) is 4.76. The van der Waals surface area contributed by atoms with Gasteiger partial charge in [-0.1, -0.05) is 24.6 Å². The molecule has 0 bridgehead atoms. The van der Waals surface area contributed by atoms with E-state index in [1.165, 1.54) is 16.9 Å². The Bertz CT molecular complexity index is 784. The van der Waals surface area contributed by atoms with E-state index in [-0.39, 0.29) is 0 Å². The third-order valence-electron chi connectivity index (χ3n) is 3.26. The van der Waals surface area contributed by atoms with Crippen molar-refractivity contribution in [2.24, 2.45) is 0 Å². The monoisotopic (exact) mass is 286 g/mol. The van der Waals surface area contributed by atoms with Gasteiger partial charge in [-0.3, -0.25) is 0 Å². The van der Waals surface area contributed by atoms with Crippen molar-refractivity contribution in [2.75, 3.05) is 0 Å². The number of carbonyl (C=O) groups is 1. The van der Waals surface area contributed by atoms with Crippen molar-refractivity contribution >= 4 is 27.5 Å². The number of fused-ring (bicyclic) bond motifs is 1.